The summed E-state index contributed by atoms with van der Waals surface area (Å²) in [6.07, 6.45) is 10.5. The number of Topliss-reactive ketones (excluding diaryl/α,β-unsaturated/α-hetero) is 1. The molecule has 10 atom stereocenters. The second kappa shape index (κ2) is 11.2. The molecule has 40 heavy (non-hydrogen) atoms. The van der Waals surface area contributed by atoms with E-state index in [0.717, 1.165) is 36.5 Å². The van der Waals surface area contributed by atoms with Gasteiger partial charge in [0, 0.05) is 18.3 Å². The highest BCUT2D eigenvalue weighted by Crippen LogP contribution is 2.68. The Kier molecular flexibility index (Phi) is 8.34. The van der Waals surface area contributed by atoms with Crippen molar-refractivity contribution in [3.63, 3.8) is 0 Å². The molecule has 4 saturated carbocycles. The van der Waals surface area contributed by atoms with Gasteiger partial charge in [-0.15, -0.1) is 0 Å². The number of carbonyl (C=O) groups excluding carboxylic acids is 2. The van der Waals surface area contributed by atoms with E-state index < -0.39 is 17.1 Å². The molecule has 4 aliphatic rings. The zero-order valence-electron chi connectivity index (χ0n) is 26.0. The van der Waals surface area contributed by atoms with Gasteiger partial charge in [0.25, 0.3) is 0 Å². The monoisotopic (exact) mass is 550 g/mol. The highest BCUT2D eigenvalue weighted by Gasteiger charge is 2.68. The van der Waals surface area contributed by atoms with Crippen molar-refractivity contribution in [1.82, 2.24) is 0 Å². The number of fused-ring (bicyclic) bond motifs is 5. The fourth-order valence-corrected chi connectivity index (χ4v) is 10.6. The van der Waals surface area contributed by atoms with Crippen molar-refractivity contribution in [3.8, 4) is 0 Å². The van der Waals surface area contributed by atoms with Gasteiger partial charge < -0.3 is 9.84 Å². The van der Waals surface area contributed by atoms with Crippen molar-refractivity contribution >= 4 is 11.8 Å². The molecule has 1 aromatic carbocycles. The molecule has 0 saturated heterocycles. The summed E-state index contributed by atoms with van der Waals surface area (Å²) in [5.74, 6) is 3.97. The van der Waals surface area contributed by atoms with E-state index in [1.807, 2.05) is 18.2 Å². The molecule has 222 valence electrons. The third kappa shape index (κ3) is 4.88. The first-order valence-corrected chi connectivity index (χ1v) is 16.5. The summed E-state index contributed by atoms with van der Waals surface area (Å²) in [4.78, 5) is 26.7. The zero-order valence-corrected chi connectivity index (χ0v) is 26.0. The molecular formula is C36H54O4. The largest absolute Gasteiger partial charge is 0.459 e. The maximum Gasteiger partial charge on any atom is 0.338 e. The van der Waals surface area contributed by atoms with E-state index in [2.05, 4.69) is 41.5 Å². The molecular weight excluding hydrogens is 496 g/mol. The lowest BCUT2D eigenvalue weighted by Gasteiger charge is -2.63. The first kappa shape index (κ1) is 29.8. The SMILES string of the molecule is CC[C@@H](CC[C@@H](C)[C@H]1CC[C@H]2[C@@H]3CC(=O)[C@@]4(O)C[C@@H](OC(=O)c5ccccc5)CC[C@]4(C)[C@H]3CC[C@]12C)C(C)C. The lowest BCUT2D eigenvalue weighted by molar-refractivity contribution is -0.213. The van der Waals surface area contributed by atoms with E-state index in [-0.39, 0.29) is 18.2 Å². The van der Waals surface area contributed by atoms with Crippen molar-refractivity contribution in [2.45, 2.75) is 124 Å². The maximum absolute atomic E-state index is 13.9. The van der Waals surface area contributed by atoms with E-state index in [1.165, 1.54) is 38.5 Å². The number of ether oxygens (including phenoxy) is 1. The number of aliphatic hydroxyl groups is 1. The lowest BCUT2D eigenvalue weighted by Crippen LogP contribution is -2.67. The predicted octanol–water partition coefficient (Wildman–Crippen LogP) is 8.26. The van der Waals surface area contributed by atoms with Gasteiger partial charge in [-0.3, -0.25) is 4.79 Å². The molecule has 0 amide bonds. The van der Waals surface area contributed by atoms with Crippen LogP contribution in [0.4, 0.5) is 0 Å². The van der Waals surface area contributed by atoms with Gasteiger partial charge in [-0.1, -0.05) is 72.6 Å². The summed E-state index contributed by atoms with van der Waals surface area (Å²) < 4.78 is 5.86. The van der Waals surface area contributed by atoms with Crippen molar-refractivity contribution in [3.05, 3.63) is 35.9 Å². The highest BCUT2D eigenvalue weighted by molar-refractivity contribution is 5.91. The van der Waals surface area contributed by atoms with Gasteiger partial charge in [-0.25, -0.2) is 4.79 Å². The number of hydrogen-bond donors (Lipinski definition) is 1. The van der Waals surface area contributed by atoms with Crippen LogP contribution in [0.1, 0.15) is 123 Å². The van der Waals surface area contributed by atoms with Crippen molar-refractivity contribution < 1.29 is 19.4 Å². The van der Waals surface area contributed by atoms with Crippen LogP contribution in [0.2, 0.25) is 0 Å². The van der Waals surface area contributed by atoms with Gasteiger partial charge in [-0.2, -0.15) is 0 Å². The molecule has 0 spiro atoms. The number of benzene rings is 1. The normalized spacial score (nSPS) is 40.6. The molecule has 0 bridgehead atoms. The van der Waals surface area contributed by atoms with Crippen LogP contribution >= 0.6 is 0 Å². The van der Waals surface area contributed by atoms with E-state index >= 15 is 0 Å². The van der Waals surface area contributed by atoms with E-state index in [9.17, 15) is 14.7 Å². The second-order valence-electron chi connectivity index (χ2n) is 15.1. The van der Waals surface area contributed by atoms with Crippen LogP contribution in [0.5, 0.6) is 0 Å². The zero-order chi connectivity index (χ0) is 28.9. The Labute approximate surface area is 243 Å². The highest BCUT2D eigenvalue weighted by atomic mass is 16.5. The first-order valence-electron chi connectivity index (χ1n) is 16.5. The quantitative estimate of drug-likeness (QED) is 0.331. The minimum atomic E-state index is -1.40. The molecule has 4 heteroatoms. The molecule has 0 unspecified atom stereocenters. The van der Waals surface area contributed by atoms with E-state index in [0.29, 0.717) is 41.6 Å². The minimum absolute atomic E-state index is 0.000166. The Morgan fingerprint density at radius 2 is 1.73 bits per heavy atom. The van der Waals surface area contributed by atoms with Crippen LogP contribution in [0.15, 0.2) is 30.3 Å². The topological polar surface area (TPSA) is 63.6 Å². The Bertz CT molecular complexity index is 1070. The van der Waals surface area contributed by atoms with Crippen molar-refractivity contribution in [1.29, 1.82) is 0 Å². The van der Waals surface area contributed by atoms with E-state index in [4.69, 9.17) is 4.74 Å². The predicted molar refractivity (Wildman–Crippen MR) is 160 cm³/mol. The second-order valence-corrected chi connectivity index (χ2v) is 15.1. The Morgan fingerprint density at radius 3 is 2.40 bits per heavy atom. The number of rotatable bonds is 8. The summed E-state index contributed by atoms with van der Waals surface area (Å²) >= 11 is 0. The third-order valence-electron chi connectivity index (χ3n) is 13.1. The van der Waals surface area contributed by atoms with Gasteiger partial charge in [-0.05, 0) is 104 Å². The molecule has 0 radical (unpaired) electrons. The van der Waals surface area contributed by atoms with Crippen LogP contribution in [-0.2, 0) is 9.53 Å². The summed E-state index contributed by atoms with van der Waals surface area (Å²) in [6, 6.07) is 9.03. The average molecular weight is 551 g/mol. The number of ketones is 1. The molecule has 5 rings (SSSR count). The molecule has 1 N–H and O–H groups in total. The molecule has 1 aromatic rings. The molecule has 0 heterocycles. The summed E-state index contributed by atoms with van der Waals surface area (Å²) in [5.41, 5.74) is -1.03. The fourth-order valence-electron chi connectivity index (χ4n) is 10.6. The number of esters is 1. The van der Waals surface area contributed by atoms with Gasteiger partial charge in [0.15, 0.2) is 5.78 Å². The van der Waals surface area contributed by atoms with Crippen molar-refractivity contribution in [2.24, 2.45) is 52.3 Å². The lowest BCUT2D eigenvalue weighted by atomic mass is 9.42. The fraction of sp³-hybridized carbons (Fsp3) is 0.778. The summed E-state index contributed by atoms with van der Waals surface area (Å²) in [7, 11) is 0. The van der Waals surface area contributed by atoms with Gasteiger partial charge in [0.05, 0.1) is 5.56 Å². The van der Waals surface area contributed by atoms with Crippen LogP contribution in [0.25, 0.3) is 0 Å². The van der Waals surface area contributed by atoms with Crippen LogP contribution < -0.4 is 0 Å². The maximum atomic E-state index is 13.9. The molecule has 0 aliphatic heterocycles. The summed E-state index contributed by atoms with van der Waals surface area (Å²) in [5, 5.41) is 12.1. The molecule has 0 aromatic heterocycles. The van der Waals surface area contributed by atoms with Gasteiger partial charge in [0.1, 0.15) is 11.7 Å². The molecule has 4 aliphatic carbocycles. The Morgan fingerprint density at radius 1 is 1.00 bits per heavy atom. The average Bonchev–Trinajstić information content (AvgIpc) is 3.28. The molecule has 4 fully saturated rings. The van der Waals surface area contributed by atoms with Gasteiger partial charge >= 0.3 is 5.97 Å². The van der Waals surface area contributed by atoms with Crippen LogP contribution in [-0.4, -0.2) is 28.6 Å². The van der Waals surface area contributed by atoms with Gasteiger partial charge in [0.2, 0.25) is 0 Å². The Hall–Kier alpha value is -1.68. The smallest absolute Gasteiger partial charge is 0.338 e. The van der Waals surface area contributed by atoms with Crippen molar-refractivity contribution in [2.75, 3.05) is 0 Å². The number of hydrogen-bond acceptors (Lipinski definition) is 4. The molecule has 4 nitrogen and oxygen atoms in total. The minimum Gasteiger partial charge on any atom is -0.459 e. The third-order valence-corrected chi connectivity index (χ3v) is 13.1. The van der Waals surface area contributed by atoms with E-state index in [1.54, 1.807) is 12.1 Å². The standard InChI is InChI=1S/C36H54O4/c1-7-25(23(2)3)14-13-24(4)29-15-16-30-28-21-32(37)36(39)22-27(40-33(38)26-11-9-8-10-12-26)17-20-35(36,6)31(28)18-19-34(29,30)5/h8-12,23-25,27-31,39H,7,13-22H2,1-6H3/t24-,25+,27+,28+,29-,30+,31+,34-,35-,36+/m1/s1. The first-order chi connectivity index (χ1) is 18.9. The van der Waals surface area contributed by atoms with Crippen LogP contribution in [0, 0.1) is 52.3 Å². The van der Waals surface area contributed by atoms with Crippen LogP contribution in [0.3, 0.4) is 0 Å². The summed E-state index contributed by atoms with van der Waals surface area (Å²) in [6.45, 7) is 14.3. The Balaban J connectivity index is 1.29. The number of carbonyl (C=O) groups is 2.